The smallest absolute Gasteiger partial charge is 0.0990 e. The maximum absolute atomic E-state index is 9.53. The molecule has 3 rings (SSSR count). The van der Waals surface area contributed by atoms with E-state index in [0.29, 0.717) is 13.1 Å². The van der Waals surface area contributed by atoms with E-state index in [-0.39, 0.29) is 0 Å². The molecular formula is C14H20N2O2. The third-order valence-corrected chi connectivity index (χ3v) is 3.73. The van der Waals surface area contributed by atoms with Crippen LogP contribution in [0.1, 0.15) is 18.4 Å². The van der Waals surface area contributed by atoms with Crippen molar-refractivity contribution < 1.29 is 10.2 Å². The van der Waals surface area contributed by atoms with Gasteiger partial charge in [0.25, 0.3) is 0 Å². The minimum absolute atomic E-state index is 0.515. The Hall–Kier alpha value is -1.10. The first-order valence-electron chi connectivity index (χ1n) is 6.66. The lowest BCUT2D eigenvalue weighted by molar-refractivity contribution is 0.0572. The third kappa shape index (κ3) is 2.66. The van der Waals surface area contributed by atoms with E-state index in [9.17, 15) is 10.2 Å². The Morgan fingerprint density at radius 3 is 2.22 bits per heavy atom. The van der Waals surface area contributed by atoms with Crippen LogP contribution in [0.5, 0.6) is 0 Å². The van der Waals surface area contributed by atoms with Crippen LogP contribution in [-0.2, 0) is 6.54 Å². The summed E-state index contributed by atoms with van der Waals surface area (Å²) in [5.74, 6) is 0. The summed E-state index contributed by atoms with van der Waals surface area (Å²) in [6.07, 6.45) is 1.37. The normalized spacial score (nSPS) is 27.8. The Labute approximate surface area is 107 Å². The average molecular weight is 248 g/mol. The van der Waals surface area contributed by atoms with Crippen molar-refractivity contribution in [2.45, 2.75) is 37.6 Å². The number of benzene rings is 1. The first kappa shape index (κ1) is 12.0. The van der Waals surface area contributed by atoms with Crippen LogP contribution >= 0.6 is 0 Å². The van der Waals surface area contributed by atoms with E-state index in [1.165, 1.54) is 18.4 Å². The molecule has 2 atom stereocenters. The summed E-state index contributed by atoms with van der Waals surface area (Å²) in [4.78, 5) is 2.02. The standard InChI is InChI=1S/C14H20N2O2/c17-13-8-16(9-14(13)18)12-5-1-10(2-6-12)7-15-11-3-4-11/h1-2,5-6,11,13-15,17-18H,3-4,7-9H2. The summed E-state index contributed by atoms with van der Waals surface area (Å²) >= 11 is 0. The molecule has 98 valence electrons. The fourth-order valence-corrected chi connectivity index (χ4v) is 2.35. The second-order valence-corrected chi connectivity index (χ2v) is 5.36. The lowest BCUT2D eigenvalue weighted by Crippen LogP contribution is -2.22. The molecule has 2 aliphatic rings. The number of hydrogen-bond acceptors (Lipinski definition) is 4. The summed E-state index contributed by atoms with van der Waals surface area (Å²) < 4.78 is 0. The zero-order valence-electron chi connectivity index (χ0n) is 10.4. The van der Waals surface area contributed by atoms with Gasteiger partial charge in [-0.15, -0.1) is 0 Å². The summed E-state index contributed by atoms with van der Waals surface area (Å²) in [6.45, 7) is 1.96. The molecule has 0 radical (unpaired) electrons. The van der Waals surface area contributed by atoms with Gasteiger partial charge in [0, 0.05) is 31.4 Å². The maximum Gasteiger partial charge on any atom is 0.0990 e. The van der Waals surface area contributed by atoms with Crippen LogP contribution in [-0.4, -0.2) is 41.6 Å². The molecule has 2 fully saturated rings. The highest BCUT2D eigenvalue weighted by Gasteiger charge is 2.29. The number of hydrogen-bond donors (Lipinski definition) is 3. The minimum atomic E-state index is -0.624. The summed E-state index contributed by atoms with van der Waals surface area (Å²) in [7, 11) is 0. The Morgan fingerprint density at radius 2 is 1.67 bits per heavy atom. The fraction of sp³-hybridized carbons (Fsp3) is 0.571. The van der Waals surface area contributed by atoms with E-state index in [0.717, 1.165) is 18.3 Å². The van der Waals surface area contributed by atoms with Gasteiger partial charge in [-0.3, -0.25) is 0 Å². The number of aliphatic hydroxyl groups excluding tert-OH is 2. The van der Waals surface area contributed by atoms with Crippen molar-refractivity contribution in [3.8, 4) is 0 Å². The second-order valence-electron chi connectivity index (χ2n) is 5.36. The molecule has 18 heavy (non-hydrogen) atoms. The summed E-state index contributed by atoms with van der Waals surface area (Å²) in [6, 6.07) is 9.08. The van der Waals surface area contributed by atoms with Crippen molar-refractivity contribution in [1.82, 2.24) is 5.32 Å². The SMILES string of the molecule is OC1CN(c2ccc(CNC3CC3)cc2)CC1O. The van der Waals surface area contributed by atoms with Gasteiger partial charge in [-0.25, -0.2) is 0 Å². The number of anilines is 1. The lowest BCUT2D eigenvalue weighted by atomic mass is 10.2. The van der Waals surface area contributed by atoms with E-state index in [1.807, 2.05) is 4.90 Å². The predicted octanol–water partition coefficient (Wildman–Crippen LogP) is 0.480. The Bertz CT molecular complexity index is 393. The van der Waals surface area contributed by atoms with Crippen molar-refractivity contribution in [3.63, 3.8) is 0 Å². The zero-order chi connectivity index (χ0) is 12.5. The molecule has 1 saturated carbocycles. The van der Waals surface area contributed by atoms with Gasteiger partial charge >= 0.3 is 0 Å². The van der Waals surface area contributed by atoms with E-state index < -0.39 is 12.2 Å². The average Bonchev–Trinajstić information content (AvgIpc) is 3.14. The molecule has 0 bridgehead atoms. The van der Waals surface area contributed by atoms with Gasteiger partial charge in [0.05, 0.1) is 12.2 Å². The molecule has 1 aliphatic carbocycles. The molecule has 0 aromatic heterocycles. The Kier molecular flexibility index (Phi) is 3.24. The predicted molar refractivity (Wildman–Crippen MR) is 70.5 cm³/mol. The van der Waals surface area contributed by atoms with Crippen molar-refractivity contribution in [2.75, 3.05) is 18.0 Å². The van der Waals surface area contributed by atoms with Gasteiger partial charge in [0.15, 0.2) is 0 Å². The monoisotopic (exact) mass is 248 g/mol. The summed E-state index contributed by atoms with van der Waals surface area (Å²) in [5, 5.41) is 22.6. The van der Waals surface area contributed by atoms with E-state index >= 15 is 0 Å². The maximum atomic E-state index is 9.53. The van der Waals surface area contributed by atoms with Gasteiger partial charge in [-0.1, -0.05) is 12.1 Å². The van der Waals surface area contributed by atoms with Crippen molar-refractivity contribution in [3.05, 3.63) is 29.8 Å². The molecule has 1 aromatic carbocycles. The summed E-state index contributed by atoms with van der Waals surface area (Å²) in [5.41, 5.74) is 2.35. The topological polar surface area (TPSA) is 55.7 Å². The Morgan fingerprint density at radius 1 is 1.06 bits per heavy atom. The van der Waals surface area contributed by atoms with Crippen LogP contribution in [0.25, 0.3) is 0 Å². The fourth-order valence-electron chi connectivity index (χ4n) is 2.35. The van der Waals surface area contributed by atoms with E-state index in [4.69, 9.17) is 0 Å². The molecule has 4 heteroatoms. The van der Waals surface area contributed by atoms with Crippen LogP contribution in [0.3, 0.4) is 0 Å². The molecule has 1 saturated heterocycles. The number of β-amino-alcohol motifs (C(OH)–C–C–N with tert-alkyl or cyclic N) is 2. The molecule has 0 spiro atoms. The number of rotatable bonds is 4. The molecule has 1 aliphatic heterocycles. The molecule has 1 heterocycles. The van der Waals surface area contributed by atoms with Crippen LogP contribution in [0.4, 0.5) is 5.69 Å². The first-order chi connectivity index (χ1) is 8.72. The van der Waals surface area contributed by atoms with Crippen LogP contribution in [0.2, 0.25) is 0 Å². The van der Waals surface area contributed by atoms with Gasteiger partial charge in [-0.2, -0.15) is 0 Å². The molecule has 0 amide bonds. The number of nitrogens with one attached hydrogen (secondary N) is 1. The third-order valence-electron chi connectivity index (χ3n) is 3.73. The van der Waals surface area contributed by atoms with Crippen molar-refractivity contribution >= 4 is 5.69 Å². The zero-order valence-corrected chi connectivity index (χ0v) is 10.4. The molecule has 1 aromatic rings. The molecular weight excluding hydrogens is 228 g/mol. The van der Waals surface area contributed by atoms with E-state index in [1.54, 1.807) is 0 Å². The first-order valence-corrected chi connectivity index (χ1v) is 6.66. The Balaban J connectivity index is 1.59. The number of nitrogens with zero attached hydrogens (tertiary/aromatic N) is 1. The second kappa shape index (κ2) is 4.88. The van der Waals surface area contributed by atoms with E-state index in [2.05, 4.69) is 29.6 Å². The van der Waals surface area contributed by atoms with Gasteiger partial charge in [0.1, 0.15) is 0 Å². The van der Waals surface area contributed by atoms with Gasteiger partial charge in [-0.05, 0) is 30.5 Å². The lowest BCUT2D eigenvalue weighted by Gasteiger charge is -2.18. The quantitative estimate of drug-likeness (QED) is 0.725. The van der Waals surface area contributed by atoms with Crippen LogP contribution in [0, 0.1) is 0 Å². The van der Waals surface area contributed by atoms with Gasteiger partial charge < -0.3 is 20.4 Å². The molecule has 2 unspecified atom stereocenters. The van der Waals surface area contributed by atoms with Crippen LogP contribution < -0.4 is 10.2 Å². The highest BCUT2D eigenvalue weighted by molar-refractivity contribution is 5.49. The highest BCUT2D eigenvalue weighted by Crippen LogP contribution is 2.22. The van der Waals surface area contributed by atoms with Gasteiger partial charge in [0.2, 0.25) is 0 Å². The highest BCUT2D eigenvalue weighted by atomic mass is 16.3. The van der Waals surface area contributed by atoms with Crippen molar-refractivity contribution in [1.29, 1.82) is 0 Å². The molecule has 3 N–H and O–H groups in total. The number of aliphatic hydroxyl groups is 2. The molecule has 4 nitrogen and oxygen atoms in total. The van der Waals surface area contributed by atoms with Crippen LogP contribution in [0.15, 0.2) is 24.3 Å². The minimum Gasteiger partial charge on any atom is -0.389 e. The largest absolute Gasteiger partial charge is 0.389 e. The van der Waals surface area contributed by atoms with Crippen molar-refractivity contribution in [2.24, 2.45) is 0 Å².